The predicted octanol–water partition coefficient (Wildman–Crippen LogP) is 3.14. The number of fused-ring (bicyclic) bond motifs is 1. The first-order chi connectivity index (χ1) is 14.7. The molecular weight excluding hydrogens is 383 g/mol. The number of likely N-dealkylation sites (tertiary alicyclic amines) is 1. The highest BCUT2D eigenvalue weighted by atomic mass is 19.1. The Morgan fingerprint density at radius 3 is 2.60 bits per heavy atom. The first-order valence-electron chi connectivity index (χ1n) is 9.75. The maximum atomic E-state index is 13.1. The van der Waals surface area contributed by atoms with Crippen LogP contribution < -0.4 is 5.32 Å². The Hall–Kier alpha value is -3.81. The summed E-state index contributed by atoms with van der Waals surface area (Å²) in [7, 11) is 0. The molecule has 1 aliphatic heterocycles. The molecule has 0 aliphatic carbocycles. The summed E-state index contributed by atoms with van der Waals surface area (Å²) in [6.07, 6.45) is 0.674. The number of nitrogens with one attached hydrogen (secondary N) is 1. The van der Waals surface area contributed by atoms with Crippen molar-refractivity contribution in [3.05, 3.63) is 78.1 Å². The summed E-state index contributed by atoms with van der Waals surface area (Å²) in [5, 5.41) is 16.2. The van der Waals surface area contributed by atoms with E-state index >= 15 is 0 Å². The van der Waals surface area contributed by atoms with E-state index in [4.69, 9.17) is 0 Å². The summed E-state index contributed by atoms with van der Waals surface area (Å²) in [5.74, 6) is 0.955. The molecule has 2 aromatic carbocycles. The molecule has 3 heterocycles. The van der Waals surface area contributed by atoms with Crippen molar-refractivity contribution >= 4 is 17.4 Å². The number of hydrogen-bond donors (Lipinski definition) is 1. The molecule has 1 unspecified atom stereocenters. The molecule has 4 aromatic rings. The monoisotopic (exact) mass is 402 g/mol. The molecule has 1 fully saturated rings. The van der Waals surface area contributed by atoms with E-state index in [0.717, 1.165) is 11.1 Å². The van der Waals surface area contributed by atoms with Crippen molar-refractivity contribution in [2.45, 2.75) is 19.0 Å². The van der Waals surface area contributed by atoms with Gasteiger partial charge in [-0.25, -0.2) is 4.39 Å². The topological polar surface area (TPSA) is 75.4 Å². The molecule has 1 amide bonds. The van der Waals surface area contributed by atoms with Crippen molar-refractivity contribution in [2.75, 3.05) is 11.9 Å². The van der Waals surface area contributed by atoms with Gasteiger partial charge in [-0.2, -0.15) is 4.52 Å². The molecule has 0 radical (unpaired) electrons. The Kier molecular flexibility index (Phi) is 4.59. The van der Waals surface area contributed by atoms with Crippen LogP contribution >= 0.6 is 0 Å². The lowest BCUT2D eigenvalue weighted by Crippen LogP contribution is -2.33. The number of anilines is 1. The highest BCUT2D eigenvalue weighted by Crippen LogP contribution is 2.21. The number of rotatable bonds is 5. The van der Waals surface area contributed by atoms with Crippen molar-refractivity contribution < 1.29 is 9.18 Å². The van der Waals surface area contributed by atoms with Gasteiger partial charge in [-0.3, -0.25) is 4.79 Å². The van der Waals surface area contributed by atoms with Crippen LogP contribution in [0, 0.1) is 5.82 Å². The van der Waals surface area contributed by atoms with Gasteiger partial charge in [0.2, 0.25) is 5.91 Å². The number of nitrogens with zero attached hydrogens (tertiary/aromatic N) is 5. The number of aromatic nitrogens is 4. The molecule has 0 spiro atoms. The SMILES string of the molecule is O=C1C(Nc2ccc3nnc(-c4ccccc4)n3n2)CCN1Cc1ccc(F)cc1. The summed E-state index contributed by atoms with van der Waals surface area (Å²) in [4.78, 5) is 14.6. The zero-order valence-corrected chi connectivity index (χ0v) is 16.1. The summed E-state index contributed by atoms with van der Waals surface area (Å²) in [6.45, 7) is 1.10. The van der Waals surface area contributed by atoms with E-state index < -0.39 is 0 Å². The summed E-state index contributed by atoms with van der Waals surface area (Å²) < 4.78 is 14.8. The first kappa shape index (κ1) is 18.2. The van der Waals surface area contributed by atoms with Gasteiger partial charge < -0.3 is 10.2 Å². The fraction of sp³-hybridized carbons (Fsp3) is 0.182. The lowest BCUT2D eigenvalue weighted by Gasteiger charge is -2.17. The molecule has 5 rings (SSSR count). The van der Waals surface area contributed by atoms with Crippen LogP contribution in [-0.4, -0.2) is 43.2 Å². The molecule has 0 saturated carbocycles. The molecular formula is C22H19FN6O. The highest BCUT2D eigenvalue weighted by molar-refractivity contribution is 5.86. The van der Waals surface area contributed by atoms with Crippen LogP contribution in [0.15, 0.2) is 66.7 Å². The van der Waals surface area contributed by atoms with E-state index in [1.54, 1.807) is 27.6 Å². The van der Waals surface area contributed by atoms with Crippen LogP contribution in [0.4, 0.5) is 10.2 Å². The number of amides is 1. The summed E-state index contributed by atoms with van der Waals surface area (Å²) >= 11 is 0. The largest absolute Gasteiger partial charge is 0.357 e. The Bertz CT molecular complexity index is 1190. The van der Waals surface area contributed by atoms with Gasteiger partial charge in [0.1, 0.15) is 17.7 Å². The zero-order valence-electron chi connectivity index (χ0n) is 16.1. The van der Waals surface area contributed by atoms with Crippen molar-refractivity contribution in [2.24, 2.45) is 0 Å². The fourth-order valence-corrected chi connectivity index (χ4v) is 3.65. The second-order valence-corrected chi connectivity index (χ2v) is 7.25. The molecule has 1 N–H and O–H groups in total. The third-order valence-electron chi connectivity index (χ3n) is 5.20. The van der Waals surface area contributed by atoms with E-state index in [1.807, 2.05) is 36.4 Å². The first-order valence-corrected chi connectivity index (χ1v) is 9.75. The molecule has 2 aromatic heterocycles. The molecule has 1 aliphatic rings. The lowest BCUT2D eigenvalue weighted by molar-refractivity contribution is -0.128. The minimum atomic E-state index is -0.355. The Balaban J connectivity index is 1.33. The second kappa shape index (κ2) is 7.55. The quantitative estimate of drug-likeness (QED) is 0.555. The van der Waals surface area contributed by atoms with Crippen molar-refractivity contribution in [1.29, 1.82) is 0 Å². The van der Waals surface area contributed by atoms with Crippen LogP contribution in [0.25, 0.3) is 17.0 Å². The molecule has 7 nitrogen and oxygen atoms in total. The lowest BCUT2D eigenvalue weighted by atomic mass is 10.2. The second-order valence-electron chi connectivity index (χ2n) is 7.25. The molecule has 8 heteroatoms. The van der Waals surface area contributed by atoms with E-state index in [-0.39, 0.29) is 17.8 Å². The van der Waals surface area contributed by atoms with Crippen molar-refractivity contribution in [3.63, 3.8) is 0 Å². The molecule has 1 atom stereocenters. The third kappa shape index (κ3) is 3.47. The van der Waals surface area contributed by atoms with Gasteiger partial charge in [-0.05, 0) is 36.2 Å². The summed E-state index contributed by atoms with van der Waals surface area (Å²) in [6, 6.07) is 19.2. The van der Waals surface area contributed by atoms with E-state index in [1.165, 1.54) is 12.1 Å². The fourth-order valence-electron chi connectivity index (χ4n) is 3.65. The Morgan fingerprint density at radius 1 is 1.00 bits per heavy atom. The summed E-state index contributed by atoms with van der Waals surface area (Å²) in [5.41, 5.74) is 2.45. The van der Waals surface area contributed by atoms with Crippen LogP contribution in [-0.2, 0) is 11.3 Å². The highest BCUT2D eigenvalue weighted by Gasteiger charge is 2.31. The minimum absolute atomic E-state index is 0.00765. The van der Waals surface area contributed by atoms with Crippen LogP contribution in [0.3, 0.4) is 0 Å². The van der Waals surface area contributed by atoms with Crippen LogP contribution in [0.1, 0.15) is 12.0 Å². The number of carbonyl (C=O) groups excluding carboxylic acids is 1. The number of hydrogen-bond acceptors (Lipinski definition) is 5. The van der Waals surface area contributed by atoms with Crippen molar-refractivity contribution in [1.82, 2.24) is 24.7 Å². The van der Waals surface area contributed by atoms with E-state index in [0.29, 0.717) is 36.8 Å². The third-order valence-corrected chi connectivity index (χ3v) is 5.20. The van der Waals surface area contributed by atoms with Gasteiger partial charge in [-0.1, -0.05) is 42.5 Å². The molecule has 30 heavy (non-hydrogen) atoms. The van der Waals surface area contributed by atoms with Gasteiger partial charge in [0.25, 0.3) is 0 Å². The van der Waals surface area contributed by atoms with Crippen molar-refractivity contribution in [3.8, 4) is 11.4 Å². The van der Waals surface area contributed by atoms with Gasteiger partial charge >= 0.3 is 0 Å². The van der Waals surface area contributed by atoms with Gasteiger partial charge in [0, 0.05) is 18.7 Å². The van der Waals surface area contributed by atoms with Crippen LogP contribution in [0.2, 0.25) is 0 Å². The molecule has 0 bridgehead atoms. The maximum absolute atomic E-state index is 13.1. The normalized spacial score (nSPS) is 16.4. The Morgan fingerprint density at radius 2 is 1.80 bits per heavy atom. The minimum Gasteiger partial charge on any atom is -0.357 e. The predicted molar refractivity (Wildman–Crippen MR) is 110 cm³/mol. The number of carbonyl (C=O) groups is 1. The van der Waals surface area contributed by atoms with E-state index in [9.17, 15) is 9.18 Å². The average molecular weight is 402 g/mol. The molecule has 1 saturated heterocycles. The zero-order chi connectivity index (χ0) is 20.5. The standard InChI is InChI=1S/C22H19FN6O/c23-17-8-6-15(7-9-17)14-28-13-12-18(22(28)30)24-19-10-11-20-25-26-21(29(20)27-19)16-4-2-1-3-5-16/h1-11,18H,12-14H2,(H,24,27). The van der Waals surface area contributed by atoms with Gasteiger partial charge in [0.15, 0.2) is 11.5 Å². The van der Waals surface area contributed by atoms with Gasteiger partial charge in [0.05, 0.1) is 0 Å². The van der Waals surface area contributed by atoms with E-state index in [2.05, 4.69) is 20.6 Å². The molecule has 150 valence electrons. The van der Waals surface area contributed by atoms with Gasteiger partial charge in [-0.15, -0.1) is 15.3 Å². The smallest absolute Gasteiger partial charge is 0.245 e. The number of benzene rings is 2. The maximum Gasteiger partial charge on any atom is 0.245 e. The average Bonchev–Trinajstić information content (AvgIpc) is 3.34. The Labute approximate surface area is 172 Å². The van der Waals surface area contributed by atoms with Crippen LogP contribution in [0.5, 0.6) is 0 Å². The number of halogens is 1.